The molecule has 0 bridgehead atoms. The smallest absolute Gasteiger partial charge is 0.158 e. The van der Waals surface area contributed by atoms with Crippen LogP contribution in [-0.4, -0.2) is 23.1 Å². The van der Waals surface area contributed by atoms with Crippen molar-refractivity contribution in [3.05, 3.63) is 6.23 Å². The Kier molecular flexibility index (Phi) is 3.83. The van der Waals surface area contributed by atoms with Crippen molar-refractivity contribution < 1.29 is 5.11 Å². The van der Waals surface area contributed by atoms with Crippen LogP contribution in [0.1, 0.15) is 20.8 Å². The van der Waals surface area contributed by atoms with Crippen molar-refractivity contribution >= 4 is 0 Å². The highest BCUT2D eigenvalue weighted by atomic mass is 16.3. The molecular weight excluding hydrogens is 102 g/mol. The molecule has 0 rings (SSSR count). The van der Waals surface area contributed by atoms with E-state index in [2.05, 4.69) is 0 Å². The fourth-order valence-corrected chi connectivity index (χ4v) is 0.681. The molecule has 0 aromatic rings. The number of nitrogens with zero attached hydrogens (tertiary/aromatic N) is 1. The second-order valence-electron chi connectivity index (χ2n) is 1.72. The molecule has 0 saturated heterocycles. The van der Waals surface area contributed by atoms with E-state index in [1.807, 2.05) is 18.7 Å². The largest absolute Gasteiger partial charge is 0.371 e. The predicted molar refractivity (Wildman–Crippen MR) is 33.8 cm³/mol. The lowest BCUT2D eigenvalue weighted by molar-refractivity contribution is 0.131. The highest BCUT2D eigenvalue weighted by molar-refractivity contribution is 4.67. The fourth-order valence-electron chi connectivity index (χ4n) is 0.681. The number of aliphatic hydroxyl groups is 1. The molecule has 0 fully saturated rings. The van der Waals surface area contributed by atoms with Gasteiger partial charge in [-0.3, -0.25) is 4.90 Å². The van der Waals surface area contributed by atoms with E-state index in [1.54, 1.807) is 6.92 Å². The first kappa shape index (κ1) is 7.92. The summed E-state index contributed by atoms with van der Waals surface area (Å²) in [6.45, 7) is 7.51. The van der Waals surface area contributed by atoms with Crippen molar-refractivity contribution in [1.29, 1.82) is 0 Å². The lowest BCUT2D eigenvalue weighted by Crippen LogP contribution is -2.25. The maximum atomic E-state index is 8.85. The van der Waals surface area contributed by atoms with Gasteiger partial charge in [-0.15, -0.1) is 0 Å². The van der Waals surface area contributed by atoms with Crippen LogP contribution in [-0.2, 0) is 0 Å². The topological polar surface area (TPSA) is 23.5 Å². The minimum Gasteiger partial charge on any atom is -0.371 e. The van der Waals surface area contributed by atoms with E-state index in [9.17, 15) is 0 Å². The number of rotatable bonds is 3. The summed E-state index contributed by atoms with van der Waals surface area (Å²) in [6.07, 6.45) is 0.412. The van der Waals surface area contributed by atoms with Gasteiger partial charge in [0.2, 0.25) is 0 Å². The molecule has 0 aliphatic heterocycles. The highest BCUT2D eigenvalue weighted by Crippen LogP contribution is 1.99. The van der Waals surface area contributed by atoms with Crippen LogP contribution in [0, 0.1) is 6.23 Å². The van der Waals surface area contributed by atoms with Crippen LogP contribution in [0.3, 0.4) is 0 Å². The van der Waals surface area contributed by atoms with Crippen LogP contribution in [0.4, 0.5) is 0 Å². The third-order valence-electron chi connectivity index (χ3n) is 1.22. The van der Waals surface area contributed by atoms with Crippen molar-refractivity contribution in [2.75, 3.05) is 13.1 Å². The summed E-state index contributed by atoms with van der Waals surface area (Å²) in [5.74, 6) is 0. The highest BCUT2D eigenvalue weighted by Gasteiger charge is 2.04. The summed E-state index contributed by atoms with van der Waals surface area (Å²) in [5.41, 5.74) is 0. The number of aliphatic hydroxyl groups excluding tert-OH is 1. The molecule has 0 aliphatic rings. The van der Waals surface area contributed by atoms with Crippen molar-refractivity contribution in [1.82, 2.24) is 4.90 Å². The second kappa shape index (κ2) is 3.87. The number of hydrogen-bond acceptors (Lipinski definition) is 2. The summed E-state index contributed by atoms with van der Waals surface area (Å²) in [7, 11) is 0. The summed E-state index contributed by atoms with van der Waals surface area (Å²) >= 11 is 0. The Balaban J connectivity index is 3.35. The first-order valence-corrected chi connectivity index (χ1v) is 2.99. The van der Waals surface area contributed by atoms with E-state index in [-0.39, 0.29) is 0 Å². The molecule has 0 atom stereocenters. The minimum absolute atomic E-state index is 0.412. The zero-order valence-corrected chi connectivity index (χ0v) is 5.81. The molecule has 0 saturated carbocycles. The molecule has 2 heteroatoms. The Morgan fingerprint density at radius 1 is 1.38 bits per heavy atom. The van der Waals surface area contributed by atoms with E-state index < -0.39 is 0 Å². The summed E-state index contributed by atoms with van der Waals surface area (Å²) in [6, 6.07) is 0. The quantitative estimate of drug-likeness (QED) is 0.599. The fraction of sp³-hybridized carbons (Fsp3) is 0.833. The maximum absolute atomic E-state index is 8.85. The third kappa shape index (κ3) is 2.28. The molecule has 8 heavy (non-hydrogen) atoms. The molecular formula is C6H14NO. The molecule has 2 nitrogen and oxygen atoms in total. The average molecular weight is 116 g/mol. The van der Waals surface area contributed by atoms with Crippen molar-refractivity contribution in [2.24, 2.45) is 0 Å². The molecule has 1 N–H and O–H groups in total. The molecule has 49 valence electrons. The Bertz CT molecular complexity index is 50.5. The normalized spacial score (nSPS) is 11.2. The molecule has 0 aliphatic carbocycles. The van der Waals surface area contributed by atoms with Gasteiger partial charge in [0.15, 0.2) is 6.23 Å². The van der Waals surface area contributed by atoms with Gasteiger partial charge in [-0.25, -0.2) is 0 Å². The van der Waals surface area contributed by atoms with Crippen LogP contribution < -0.4 is 0 Å². The zero-order chi connectivity index (χ0) is 6.57. The number of hydrogen-bond donors (Lipinski definition) is 1. The maximum Gasteiger partial charge on any atom is 0.158 e. The molecule has 0 amide bonds. The van der Waals surface area contributed by atoms with Gasteiger partial charge in [0, 0.05) is 0 Å². The van der Waals surface area contributed by atoms with Gasteiger partial charge >= 0.3 is 0 Å². The minimum atomic E-state index is 0.412. The Hall–Kier alpha value is -0.0800. The lowest BCUT2D eigenvalue weighted by atomic mass is 10.5. The van der Waals surface area contributed by atoms with Gasteiger partial charge in [-0.2, -0.15) is 0 Å². The third-order valence-corrected chi connectivity index (χ3v) is 1.22. The monoisotopic (exact) mass is 116 g/mol. The molecule has 0 aromatic heterocycles. The van der Waals surface area contributed by atoms with Crippen molar-refractivity contribution in [3.8, 4) is 0 Å². The van der Waals surface area contributed by atoms with Crippen molar-refractivity contribution in [2.45, 2.75) is 20.8 Å². The Morgan fingerprint density at radius 3 is 1.75 bits per heavy atom. The van der Waals surface area contributed by atoms with Crippen LogP contribution >= 0.6 is 0 Å². The van der Waals surface area contributed by atoms with E-state index in [0.717, 1.165) is 13.1 Å². The van der Waals surface area contributed by atoms with Crippen molar-refractivity contribution in [3.63, 3.8) is 0 Å². The van der Waals surface area contributed by atoms with Gasteiger partial charge in [0.05, 0.1) is 0 Å². The molecule has 0 unspecified atom stereocenters. The van der Waals surface area contributed by atoms with Crippen LogP contribution in [0.25, 0.3) is 0 Å². The van der Waals surface area contributed by atoms with E-state index >= 15 is 0 Å². The van der Waals surface area contributed by atoms with Crippen LogP contribution in [0.5, 0.6) is 0 Å². The predicted octanol–water partition coefficient (Wildman–Crippen LogP) is 1.21. The zero-order valence-electron chi connectivity index (χ0n) is 5.81. The first-order chi connectivity index (χ1) is 3.72. The van der Waals surface area contributed by atoms with Crippen LogP contribution in [0.15, 0.2) is 0 Å². The molecule has 0 aromatic carbocycles. The van der Waals surface area contributed by atoms with E-state index in [0.29, 0.717) is 6.23 Å². The summed E-state index contributed by atoms with van der Waals surface area (Å²) in [4.78, 5) is 1.89. The molecule has 0 heterocycles. The van der Waals surface area contributed by atoms with E-state index in [1.165, 1.54) is 0 Å². The standard InChI is InChI=1S/C6H14NO/c1-4-7(5-2)6(3)8/h8H,4-5H2,1-3H3. The molecule has 1 radical (unpaired) electrons. The SMILES string of the molecule is CCN(CC)[C](C)O. The lowest BCUT2D eigenvalue weighted by Gasteiger charge is -2.19. The average Bonchev–Trinajstić information content (AvgIpc) is 1.69. The summed E-state index contributed by atoms with van der Waals surface area (Å²) < 4.78 is 0. The molecule has 0 spiro atoms. The van der Waals surface area contributed by atoms with Gasteiger partial charge < -0.3 is 5.11 Å². The van der Waals surface area contributed by atoms with Crippen LogP contribution in [0.2, 0.25) is 0 Å². The Labute approximate surface area is 51.1 Å². The van der Waals surface area contributed by atoms with Gasteiger partial charge in [0.25, 0.3) is 0 Å². The Morgan fingerprint density at radius 2 is 1.75 bits per heavy atom. The van der Waals surface area contributed by atoms with Gasteiger partial charge in [0.1, 0.15) is 0 Å². The van der Waals surface area contributed by atoms with E-state index in [4.69, 9.17) is 5.11 Å². The first-order valence-electron chi connectivity index (χ1n) is 2.99. The van der Waals surface area contributed by atoms with Gasteiger partial charge in [-0.05, 0) is 20.0 Å². The van der Waals surface area contributed by atoms with Gasteiger partial charge in [-0.1, -0.05) is 13.8 Å². The summed E-state index contributed by atoms with van der Waals surface area (Å²) in [5, 5.41) is 8.85. The second-order valence-corrected chi connectivity index (χ2v) is 1.72.